The Morgan fingerprint density at radius 3 is 2.81 bits per heavy atom. The number of fused-ring (bicyclic) bond motifs is 5. The molecule has 6 N–H and O–H groups in total. The van der Waals surface area contributed by atoms with E-state index in [1.807, 2.05) is 0 Å². The van der Waals surface area contributed by atoms with E-state index in [4.69, 9.17) is 0 Å². The van der Waals surface area contributed by atoms with E-state index in [0.29, 0.717) is 16.9 Å². The summed E-state index contributed by atoms with van der Waals surface area (Å²) in [5, 5.41) is 40.4. The van der Waals surface area contributed by atoms with Crippen LogP contribution in [0.1, 0.15) is 29.9 Å². The molecule has 21 heavy (non-hydrogen) atoms. The molecule has 1 aromatic rings. The molecule has 2 bridgehead atoms. The molecule has 116 valence electrons. The molecule has 1 aromatic heterocycles. The number of nitrogens with zero attached hydrogens (tertiary/aromatic N) is 2. The molecule has 0 fully saturated rings. The predicted molar refractivity (Wildman–Crippen MR) is 78.8 cm³/mol. The van der Waals surface area contributed by atoms with Gasteiger partial charge in [0.2, 0.25) is 0 Å². The van der Waals surface area contributed by atoms with Gasteiger partial charge in [-0.25, -0.2) is 4.99 Å². The number of hydrogen-bond acceptors (Lipinski definition) is 8. The van der Waals surface area contributed by atoms with Crippen LogP contribution in [0, 0.1) is 0 Å². The summed E-state index contributed by atoms with van der Waals surface area (Å²) in [5.74, 6) is -1.51. The molecule has 5 atom stereocenters. The Labute approximate surface area is 126 Å². The average molecular weight is 314 g/mol. The lowest BCUT2D eigenvalue weighted by molar-refractivity contribution is -0.00913. The Balaban J connectivity index is 1.84. The fourth-order valence-corrected chi connectivity index (χ4v) is 3.06. The van der Waals surface area contributed by atoms with E-state index in [9.17, 15) is 20.4 Å². The molecule has 0 radical (unpaired) electrons. The molecule has 2 aliphatic rings. The monoisotopic (exact) mass is 314 g/mol. The molecule has 0 aromatic carbocycles. The zero-order valence-corrected chi connectivity index (χ0v) is 12.2. The van der Waals surface area contributed by atoms with Gasteiger partial charge in [-0.1, -0.05) is 0 Å². The number of aromatic nitrogens is 1. The topological polar surface area (TPSA) is 124 Å². The summed E-state index contributed by atoms with van der Waals surface area (Å²) >= 11 is 4.37. The van der Waals surface area contributed by atoms with Crippen LogP contribution in [0.15, 0.2) is 11.2 Å². The third-order valence-electron chi connectivity index (χ3n) is 3.73. The van der Waals surface area contributed by atoms with Crippen molar-refractivity contribution in [3.63, 3.8) is 0 Å². The summed E-state index contributed by atoms with van der Waals surface area (Å²) in [6.45, 7) is 1.54. The Hall–Kier alpha value is -1.10. The first kappa shape index (κ1) is 14.8. The minimum Gasteiger partial charge on any atom is -0.393 e. The van der Waals surface area contributed by atoms with Crippen molar-refractivity contribution in [3.8, 4) is 0 Å². The van der Waals surface area contributed by atoms with Gasteiger partial charge in [0.05, 0.1) is 29.2 Å². The number of rotatable bonds is 5. The number of aliphatic hydroxyl groups is 4. The van der Waals surface area contributed by atoms with Gasteiger partial charge in [-0.3, -0.25) is 5.01 Å². The van der Waals surface area contributed by atoms with E-state index in [-0.39, 0.29) is 6.42 Å². The first-order valence-electron chi connectivity index (χ1n) is 6.62. The average Bonchev–Trinajstić information content (AvgIpc) is 3.05. The first-order valence-corrected chi connectivity index (χ1v) is 7.14. The minimum atomic E-state index is -1.51. The maximum atomic E-state index is 10.2. The maximum Gasteiger partial charge on any atom is 0.277 e. The van der Waals surface area contributed by atoms with Crippen LogP contribution in [0.5, 0.6) is 0 Å². The third-order valence-corrected chi connectivity index (χ3v) is 4.31. The number of aliphatic hydroxyl groups excluding tert-OH is 3. The van der Waals surface area contributed by atoms with E-state index in [1.54, 1.807) is 6.20 Å². The van der Waals surface area contributed by atoms with Gasteiger partial charge < -0.3 is 25.4 Å². The predicted octanol–water partition coefficient (Wildman–Crippen LogP) is -1.05. The van der Waals surface area contributed by atoms with Crippen molar-refractivity contribution in [2.75, 3.05) is 5.01 Å². The van der Waals surface area contributed by atoms with Gasteiger partial charge in [0.25, 0.3) is 5.85 Å². The van der Waals surface area contributed by atoms with Crippen LogP contribution >= 0.6 is 12.6 Å². The molecule has 3 unspecified atom stereocenters. The van der Waals surface area contributed by atoms with Gasteiger partial charge in [-0.05, 0) is 6.92 Å². The number of H-pyrrole nitrogens is 1. The highest BCUT2D eigenvalue weighted by molar-refractivity contribution is 7.80. The number of hydrogen-bond donors (Lipinski definition) is 7. The van der Waals surface area contributed by atoms with Crippen molar-refractivity contribution in [2.45, 2.75) is 42.8 Å². The standard InChI is InChI=1S/C12H18N4O4S/c1-5(17)2-7(18)9(19)10(21)6-3-13-11-8(6)16-4-14-12(11,20)15-16/h3-5,7,9-10,13,15,17-21H,2H2,1H3/t5?,7-,9-,10?,12?/m1/s1. The number of thiol groups is 1. The van der Waals surface area contributed by atoms with Crippen LogP contribution in [0.25, 0.3) is 0 Å². The minimum absolute atomic E-state index is 0.0538. The number of anilines is 1. The summed E-state index contributed by atoms with van der Waals surface area (Å²) in [5.41, 5.74) is 4.49. The molecule has 3 heterocycles. The number of aliphatic imine (C=N–C) groups is 1. The zero-order chi connectivity index (χ0) is 15.4. The lowest BCUT2D eigenvalue weighted by Crippen LogP contribution is -2.38. The highest BCUT2D eigenvalue weighted by Gasteiger charge is 2.48. The third kappa shape index (κ3) is 2.26. The molecular formula is C12H18N4O4S. The summed E-state index contributed by atoms with van der Waals surface area (Å²) < 4.78 is 0. The Morgan fingerprint density at radius 2 is 2.14 bits per heavy atom. The van der Waals surface area contributed by atoms with Gasteiger partial charge in [0.15, 0.2) is 0 Å². The fourth-order valence-electron chi connectivity index (χ4n) is 2.67. The summed E-state index contributed by atoms with van der Waals surface area (Å²) in [7, 11) is 0. The Morgan fingerprint density at radius 1 is 1.43 bits per heavy atom. The largest absolute Gasteiger partial charge is 0.393 e. The van der Waals surface area contributed by atoms with Gasteiger partial charge in [-0.2, -0.15) is 18.1 Å². The molecule has 0 saturated carbocycles. The number of aromatic amines is 1. The van der Waals surface area contributed by atoms with Crippen LogP contribution in [-0.2, 0) is 5.85 Å². The molecule has 0 amide bonds. The normalized spacial score (nSPS) is 28.6. The van der Waals surface area contributed by atoms with E-state index < -0.39 is 29.4 Å². The highest BCUT2D eigenvalue weighted by Crippen LogP contribution is 2.45. The van der Waals surface area contributed by atoms with Crippen molar-refractivity contribution in [1.29, 1.82) is 0 Å². The van der Waals surface area contributed by atoms with Crippen LogP contribution in [0.4, 0.5) is 5.69 Å². The van der Waals surface area contributed by atoms with E-state index in [0.717, 1.165) is 0 Å². The van der Waals surface area contributed by atoms with Gasteiger partial charge in [-0.15, -0.1) is 0 Å². The van der Waals surface area contributed by atoms with Crippen LogP contribution in [0.3, 0.4) is 0 Å². The molecule has 0 aliphatic carbocycles. The number of nitrogens with one attached hydrogen (secondary N) is 2. The quantitative estimate of drug-likeness (QED) is 0.348. The van der Waals surface area contributed by atoms with Crippen LogP contribution < -0.4 is 10.4 Å². The second kappa shape index (κ2) is 4.97. The SMILES string of the molecule is CC(O)C[C@@H](O)[C@@H](O)C(S)c1c[nH]c2c1N1C=NC2(O)N1. The zero-order valence-electron chi connectivity index (χ0n) is 11.3. The van der Waals surface area contributed by atoms with E-state index in [2.05, 4.69) is 28.0 Å². The molecule has 9 heteroatoms. The lowest BCUT2D eigenvalue weighted by atomic mass is 10.00. The summed E-state index contributed by atoms with van der Waals surface area (Å²) in [6, 6.07) is 0. The Kier molecular flexibility index (Phi) is 3.51. The van der Waals surface area contributed by atoms with Crippen molar-refractivity contribution in [1.82, 2.24) is 10.4 Å². The van der Waals surface area contributed by atoms with Gasteiger partial charge in [0, 0.05) is 18.2 Å². The molecule has 3 rings (SSSR count). The van der Waals surface area contributed by atoms with Crippen molar-refractivity contribution >= 4 is 24.7 Å². The lowest BCUT2D eigenvalue weighted by Gasteiger charge is -2.25. The molecule has 2 aliphatic heterocycles. The van der Waals surface area contributed by atoms with E-state index in [1.165, 1.54) is 18.3 Å². The summed E-state index contributed by atoms with van der Waals surface area (Å²) in [4.78, 5) is 6.83. The second-order valence-corrected chi connectivity index (χ2v) is 6.01. The maximum absolute atomic E-state index is 10.2. The summed E-state index contributed by atoms with van der Waals surface area (Å²) in [6.07, 6.45) is 0.137. The van der Waals surface area contributed by atoms with E-state index >= 15 is 0 Å². The smallest absolute Gasteiger partial charge is 0.277 e. The fraction of sp³-hybridized carbons (Fsp3) is 0.583. The highest BCUT2D eigenvalue weighted by atomic mass is 32.1. The van der Waals surface area contributed by atoms with Gasteiger partial charge >= 0.3 is 0 Å². The second-order valence-electron chi connectivity index (χ2n) is 5.45. The van der Waals surface area contributed by atoms with Crippen molar-refractivity contribution in [2.24, 2.45) is 4.99 Å². The van der Waals surface area contributed by atoms with Crippen LogP contribution in [0.2, 0.25) is 0 Å². The van der Waals surface area contributed by atoms with Crippen molar-refractivity contribution in [3.05, 3.63) is 17.5 Å². The van der Waals surface area contributed by atoms with Crippen LogP contribution in [-0.4, -0.2) is 50.1 Å². The molecule has 0 saturated heterocycles. The molecular weight excluding hydrogens is 296 g/mol. The van der Waals surface area contributed by atoms with Gasteiger partial charge in [0.1, 0.15) is 12.0 Å². The Bertz CT molecular complexity index is 578. The molecule has 8 nitrogen and oxygen atoms in total. The number of hydrazine groups is 1. The van der Waals surface area contributed by atoms with Crippen molar-refractivity contribution < 1.29 is 20.4 Å². The molecule has 0 spiro atoms. The first-order chi connectivity index (χ1) is 9.83.